The smallest absolute Gasteiger partial charge is 0.132 e. The van der Waals surface area contributed by atoms with Gasteiger partial charge in [0.2, 0.25) is 0 Å². The molecule has 0 aliphatic rings. The van der Waals surface area contributed by atoms with Crippen LogP contribution in [0.1, 0.15) is 5.56 Å². The van der Waals surface area contributed by atoms with Crippen LogP contribution in [0.25, 0.3) is 22.2 Å². The van der Waals surface area contributed by atoms with E-state index in [-0.39, 0.29) is 18.2 Å². The molecule has 2 nitrogen and oxygen atoms in total. The summed E-state index contributed by atoms with van der Waals surface area (Å²) in [6.45, 7) is 1.92. The molecule has 92 valence electrons. The number of pyridine rings is 1. The van der Waals surface area contributed by atoms with E-state index in [1.165, 1.54) is 6.07 Å². The molecule has 18 heavy (non-hydrogen) atoms. The van der Waals surface area contributed by atoms with E-state index < -0.39 is 0 Å². The number of benzene rings is 1. The van der Waals surface area contributed by atoms with Crippen LogP contribution in [0.2, 0.25) is 0 Å². The monoisotopic (exact) mass is 262 g/mol. The molecule has 0 aliphatic heterocycles. The number of halogens is 2. The maximum absolute atomic E-state index is 13.7. The van der Waals surface area contributed by atoms with Crippen molar-refractivity contribution in [2.24, 2.45) is 0 Å². The fourth-order valence-electron chi connectivity index (χ4n) is 2.16. The second kappa shape index (κ2) is 4.78. The van der Waals surface area contributed by atoms with Crippen molar-refractivity contribution in [3.63, 3.8) is 0 Å². The van der Waals surface area contributed by atoms with Crippen LogP contribution >= 0.6 is 12.4 Å². The van der Waals surface area contributed by atoms with Crippen molar-refractivity contribution in [2.75, 3.05) is 0 Å². The quantitative estimate of drug-likeness (QED) is 0.703. The third-order valence-electron chi connectivity index (χ3n) is 2.97. The summed E-state index contributed by atoms with van der Waals surface area (Å²) in [6.07, 6.45) is 3.50. The van der Waals surface area contributed by atoms with Crippen molar-refractivity contribution >= 4 is 23.3 Å². The number of nitrogens with one attached hydrogen (secondary N) is 1. The highest BCUT2D eigenvalue weighted by Gasteiger charge is 2.12. The number of hydrogen-bond acceptors (Lipinski definition) is 1. The summed E-state index contributed by atoms with van der Waals surface area (Å²) in [6, 6.07) is 8.90. The molecular weight excluding hydrogens is 251 g/mol. The van der Waals surface area contributed by atoms with Crippen LogP contribution in [-0.4, -0.2) is 9.97 Å². The van der Waals surface area contributed by atoms with Gasteiger partial charge in [-0.2, -0.15) is 0 Å². The molecule has 0 aliphatic carbocycles. The Morgan fingerprint density at radius 2 is 2.00 bits per heavy atom. The molecule has 0 unspecified atom stereocenters. The standard InChI is InChI=1S/C14H11FN2.ClH/c1-9-13-11(15)5-2-6-12(13)17-14(9)10-4-3-7-16-8-10;/h2-8,17H,1H3;1H. The first-order valence-electron chi connectivity index (χ1n) is 5.44. The minimum atomic E-state index is -0.189. The van der Waals surface area contributed by atoms with Gasteiger partial charge in [-0.15, -0.1) is 12.4 Å². The van der Waals surface area contributed by atoms with E-state index in [1.54, 1.807) is 18.5 Å². The molecule has 1 aromatic carbocycles. The van der Waals surface area contributed by atoms with Gasteiger partial charge in [-0.25, -0.2) is 4.39 Å². The SMILES string of the molecule is Cc1c(-c2cccnc2)[nH]c2cccc(F)c12.Cl. The van der Waals surface area contributed by atoms with Crippen molar-refractivity contribution in [2.45, 2.75) is 6.92 Å². The van der Waals surface area contributed by atoms with Crippen LogP contribution in [0.5, 0.6) is 0 Å². The topological polar surface area (TPSA) is 28.7 Å². The highest BCUT2D eigenvalue weighted by molar-refractivity contribution is 5.90. The molecule has 0 spiro atoms. The maximum Gasteiger partial charge on any atom is 0.132 e. The lowest BCUT2D eigenvalue weighted by Gasteiger charge is -1.98. The summed E-state index contributed by atoms with van der Waals surface area (Å²) in [5.74, 6) is -0.189. The Morgan fingerprint density at radius 1 is 1.17 bits per heavy atom. The Bertz CT molecular complexity index is 677. The number of aryl methyl sites for hydroxylation is 1. The molecule has 3 aromatic rings. The van der Waals surface area contributed by atoms with E-state index in [4.69, 9.17) is 0 Å². The van der Waals surface area contributed by atoms with Gasteiger partial charge in [0.25, 0.3) is 0 Å². The van der Waals surface area contributed by atoms with Crippen LogP contribution in [0.15, 0.2) is 42.7 Å². The number of aromatic nitrogens is 2. The Hall–Kier alpha value is -1.87. The number of rotatable bonds is 1. The minimum Gasteiger partial charge on any atom is -0.354 e. The van der Waals surface area contributed by atoms with Gasteiger partial charge in [-0.1, -0.05) is 6.07 Å². The Morgan fingerprint density at radius 3 is 2.67 bits per heavy atom. The molecule has 4 heteroatoms. The molecule has 2 aromatic heterocycles. The number of fused-ring (bicyclic) bond motifs is 1. The number of aromatic amines is 1. The Labute approximate surface area is 110 Å². The zero-order valence-corrected chi connectivity index (χ0v) is 10.6. The zero-order chi connectivity index (χ0) is 11.8. The predicted octanol–water partition coefficient (Wildman–Crippen LogP) is 4.10. The second-order valence-corrected chi connectivity index (χ2v) is 4.03. The van der Waals surface area contributed by atoms with Crippen molar-refractivity contribution in [3.05, 3.63) is 54.1 Å². The van der Waals surface area contributed by atoms with Crippen molar-refractivity contribution < 1.29 is 4.39 Å². The van der Waals surface area contributed by atoms with E-state index in [0.717, 1.165) is 22.3 Å². The third-order valence-corrected chi connectivity index (χ3v) is 2.97. The molecule has 0 atom stereocenters. The molecule has 2 heterocycles. The summed E-state index contributed by atoms with van der Waals surface area (Å²) < 4.78 is 13.7. The summed E-state index contributed by atoms with van der Waals surface area (Å²) in [5.41, 5.74) is 3.64. The molecule has 0 amide bonds. The number of nitrogens with zero attached hydrogens (tertiary/aromatic N) is 1. The van der Waals surface area contributed by atoms with E-state index >= 15 is 0 Å². The third kappa shape index (κ3) is 1.87. The van der Waals surface area contributed by atoms with Crippen LogP contribution in [0, 0.1) is 12.7 Å². The van der Waals surface area contributed by atoms with E-state index in [0.29, 0.717) is 5.39 Å². The van der Waals surface area contributed by atoms with E-state index in [9.17, 15) is 4.39 Å². The highest BCUT2D eigenvalue weighted by Crippen LogP contribution is 2.30. The molecule has 0 fully saturated rings. The van der Waals surface area contributed by atoms with Crippen molar-refractivity contribution in [3.8, 4) is 11.3 Å². The van der Waals surface area contributed by atoms with Gasteiger partial charge in [0.1, 0.15) is 5.82 Å². The molecule has 3 rings (SSSR count). The fraction of sp³-hybridized carbons (Fsp3) is 0.0714. The van der Waals surface area contributed by atoms with Crippen LogP contribution < -0.4 is 0 Å². The molecule has 0 radical (unpaired) electrons. The maximum atomic E-state index is 13.7. The van der Waals surface area contributed by atoms with Crippen LogP contribution in [-0.2, 0) is 0 Å². The summed E-state index contributed by atoms with van der Waals surface area (Å²) in [4.78, 5) is 7.32. The van der Waals surface area contributed by atoms with Gasteiger partial charge >= 0.3 is 0 Å². The average molecular weight is 263 g/mol. The summed E-state index contributed by atoms with van der Waals surface area (Å²) in [5, 5.41) is 0.659. The Balaban J connectivity index is 0.00000120. The van der Waals surface area contributed by atoms with Gasteiger partial charge in [-0.3, -0.25) is 4.98 Å². The molecular formula is C14H12ClFN2. The largest absolute Gasteiger partial charge is 0.354 e. The van der Waals surface area contributed by atoms with Gasteiger partial charge in [0.05, 0.1) is 5.69 Å². The lowest BCUT2D eigenvalue weighted by Crippen LogP contribution is -1.81. The first-order chi connectivity index (χ1) is 8.27. The van der Waals surface area contributed by atoms with Gasteiger partial charge in [-0.05, 0) is 36.8 Å². The highest BCUT2D eigenvalue weighted by atomic mass is 35.5. The fourth-order valence-corrected chi connectivity index (χ4v) is 2.16. The normalized spacial score (nSPS) is 10.3. The first kappa shape index (κ1) is 12.6. The lowest BCUT2D eigenvalue weighted by atomic mass is 10.1. The first-order valence-corrected chi connectivity index (χ1v) is 5.44. The van der Waals surface area contributed by atoms with Crippen LogP contribution in [0.4, 0.5) is 4.39 Å². The predicted molar refractivity (Wildman–Crippen MR) is 73.5 cm³/mol. The van der Waals surface area contributed by atoms with Gasteiger partial charge in [0, 0.05) is 28.9 Å². The molecule has 0 bridgehead atoms. The number of hydrogen-bond donors (Lipinski definition) is 1. The molecule has 1 N–H and O–H groups in total. The van der Waals surface area contributed by atoms with Crippen molar-refractivity contribution in [1.29, 1.82) is 0 Å². The molecule has 0 saturated carbocycles. The Kier molecular flexibility index (Phi) is 3.34. The zero-order valence-electron chi connectivity index (χ0n) is 9.77. The average Bonchev–Trinajstić information content (AvgIpc) is 2.69. The second-order valence-electron chi connectivity index (χ2n) is 4.03. The lowest BCUT2D eigenvalue weighted by molar-refractivity contribution is 0.639. The van der Waals surface area contributed by atoms with Gasteiger partial charge < -0.3 is 4.98 Å². The van der Waals surface area contributed by atoms with Gasteiger partial charge in [0.15, 0.2) is 0 Å². The minimum absolute atomic E-state index is 0. The van der Waals surface area contributed by atoms with Crippen molar-refractivity contribution in [1.82, 2.24) is 9.97 Å². The molecule has 0 saturated heterocycles. The summed E-state index contributed by atoms with van der Waals surface area (Å²) >= 11 is 0. The number of H-pyrrole nitrogens is 1. The van der Waals surface area contributed by atoms with E-state index in [1.807, 2.05) is 25.1 Å². The van der Waals surface area contributed by atoms with Crippen LogP contribution in [0.3, 0.4) is 0 Å². The van der Waals surface area contributed by atoms with E-state index in [2.05, 4.69) is 9.97 Å². The summed E-state index contributed by atoms with van der Waals surface area (Å²) in [7, 11) is 0.